The maximum absolute atomic E-state index is 4.47. The van der Waals surface area contributed by atoms with E-state index in [9.17, 15) is 0 Å². The number of nitrogens with zero attached hydrogens (tertiary/aromatic N) is 4. The number of fused-ring (bicyclic) bond motifs is 2. The van der Waals surface area contributed by atoms with E-state index < -0.39 is 0 Å². The second-order valence-electron chi connectivity index (χ2n) is 6.62. The second kappa shape index (κ2) is 5.98. The third-order valence-electron chi connectivity index (χ3n) is 5.24. The minimum Gasteiger partial charge on any atom is -0.360 e. The molecule has 4 heterocycles. The van der Waals surface area contributed by atoms with Crippen LogP contribution in [0.3, 0.4) is 0 Å². The highest BCUT2D eigenvalue weighted by molar-refractivity contribution is 5.95. The Labute approximate surface area is 151 Å². The average molecular weight is 344 g/mol. The number of aromatic nitrogens is 5. The Morgan fingerprint density at radius 2 is 2.08 bits per heavy atom. The van der Waals surface area contributed by atoms with Crippen molar-refractivity contribution in [3.63, 3.8) is 0 Å². The van der Waals surface area contributed by atoms with Gasteiger partial charge in [-0.1, -0.05) is 31.2 Å². The summed E-state index contributed by atoms with van der Waals surface area (Å²) in [7, 11) is 0. The van der Waals surface area contributed by atoms with Crippen molar-refractivity contribution in [1.29, 1.82) is 0 Å². The SMILES string of the molecule is CCc1cccc2c(C3=CCN(c4ncnc5nc[nH]c45)CC3)c[nH]c12. The summed E-state index contributed by atoms with van der Waals surface area (Å²) >= 11 is 0. The standard InChI is InChI=1S/C20H20N6/c1-2-13-4-3-5-15-16(10-21-17(13)15)14-6-8-26(9-7-14)20-18-19(23-11-22-18)24-12-25-20/h3-6,10-12,21H,2,7-9H2,1H3,(H,22,23,24,25). The summed E-state index contributed by atoms with van der Waals surface area (Å²) in [6.45, 7) is 3.96. The normalized spacial score (nSPS) is 15.0. The largest absolute Gasteiger partial charge is 0.360 e. The third kappa shape index (κ3) is 2.29. The average Bonchev–Trinajstić information content (AvgIpc) is 3.34. The van der Waals surface area contributed by atoms with Crippen LogP contribution >= 0.6 is 0 Å². The van der Waals surface area contributed by atoms with Gasteiger partial charge >= 0.3 is 0 Å². The molecule has 26 heavy (non-hydrogen) atoms. The molecular formula is C20H20N6. The van der Waals surface area contributed by atoms with E-state index in [0.29, 0.717) is 5.65 Å². The van der Waals surface area contributed by atoms with E-state index in [1.165, 1.54) is 27.6 Å². The molecule has 6 heteroatoms. The smallest absolute Gasteiger partial charge is 0.182 e. The minimum absolute atomic E-state index is 0.716. The second-order valence-corrected chi connectivity index (χ2v) is 6.62. The van der Waals surface area contributed by atoms with E-state index in [1.54, 1.807) is 12.7 Å². The molecule has 1 aliphatic rings. The maximum atomic E-state index is 4.47. The first-order chi connectivity index (χ1) is 12.8. The summed E-state index contributed by atoms with van der Waals surface area (Å²) in [5.74, 6) is 0.926. The molecule has 0 aliphatic carbocycles. The number of hydrogen-bond acceptors (Lipinski definition) is 4. The summed E-state index contributed by atoms with van der Waals surface area (Å²) in [4.78, 5) is 21.8. The molecule has 0 radical (unpaired) electrons. The van der Waals surface area contributed by atoms with Gasteiger partial charge in [0.25, 0.3) is 0 Å². The molecule has 130 valence electrons. The number of H-pyrrole nitrogens is 2. The number of benzene rings is 1. The fraction of sp³-hybridized carbons (Fsp3) is 0.250. The molecule has 3 aromatic heterocycles. The summed E-state index contributed by atoms with van der Waals surface area (Å²) in [5, 5.41) is 1.32. The van der Waals surface area contributed by atoms with E-state index >= 15 is 0 Å². The molecule has 5 rings (SSSR count). The predicted octanol–water partition coefficient (Wildman–Crippen LogP) is 3.69. The van der Waals surface area contributed by atoms with Crippen LogP contribution in [-0.2, 0) is 6.42 Å². The maximum Gasteiger partial charge on any atom is 0.182 e. The highest BCUT2D eigenvalue weighted by Gasteiger charge is 2.19. The van der Waals surface area contributed by atoms with Gasteiger partial charge in [0.1, 0.15) is 11.8 Å². The van der Waals surface area contributed by atoms with E-state index in [1.807, 2.05) is 0 Å². The van der Waals surface area contributed by atoms with Crippen LogP contribution < -0.4 is 4.90 Å². The van der Waals surface area contributed by atoms with Crippen molar-refractivity contribution in [2.45, 2.75) is 19.8 Å². The molecule has 1 aliphatic heterocycles. The first kappa shape index (κ1) is 15.1. The topological polar surface area (TPSA) is 73.5 Å². The Balaban J connectivity index is 1.48. The Morgan fingerprint density at radius 1 is 1.12 bits per heavy atom. The molecule has 4 aromatic rings. The fourth-order valence-corrected chi connectivity index (χ4v) is 3.88. The highest BCUT2D eigenvalue weighted by atomic mass is 15.2. The van der Waals surface area contributed by atoms with Gasteiger partial charge in [-0.05, 0) is 24.0 Å². The molecule has 0 atom stereocenters. The van der Waals surface area contributed by atoms with Crippen molar-refractivity contribution in [2.75, 3.05) is 18.0 Å². The number of para-hydroxylation sites is 1. The highest BCUT2D eigenvalue weighted by Crippen LogP contribution is 2.32. The van der Waals surface area contributed by atoms with Crippen LogP contribution in [-0.4, -0.2) is 38.0 Å². The molecule has 0 amide bonds. The molecule has 0 saturated heterocycles. The van der Waals surface area contributed by atoms with Crippen molar-refractivity contribution < 1.29 is 0 Å². The third-order valence-corrected chi connectivity index (χ3v) is 5.24. The molecule has 0 spiro atoms. The molecule has 0 bridgehead atoms. The molecule has 0 fully saturated rings. The predicted molar refractivity (Wildman–Crippen MR) is 104 cm³/mol. The monoisotopic (exact) mass is 344 g/mol. The molecule has 1 aromatic carbocycles. The van der Waals surface area contributed by atoms with E-state index in [-0.39, 0.29) is 0 Å². The van der Waals surface area contributed by atoms with Crippen molar-refractivity contribution in [2.24, 2.45) is 0 Å². The van der Waals surface area contributed by atoms with Crippen LogP contribution in [0.1, 0.15) is 24.5 Å². The van der Waals surface area contributed by atoms with Crippen LogP contribution in [0.2, 0.25) is 0 Å². The van der Waals surface area contributed by atoms with Gasteiger partial charge in [-0.2, -0.15) is 0 Å². The summed E-state index contributed by atoms with van der Waals surface area (Å²) < 4.78 is 0. The van der Waals surface area contributed by atoms with Gasteiger partial charge in [0, 0.05) is 35.8 Å². The van der Waals surface area contributed by atoms with Crippen LogP contribution in [0.5, 0.6) is 0 Å². The van der Waals surface area contributed by atoms with E-state index in [2.05, 4.69) is 67.2 Å². The summed E-state index contributed by atoms with van der Waals surface area (Å²) in [6.07, 6.45) is 9.76. The fourth-order valence-electron chi connectivity index (χ4n) is 3.88. The lowest BCUT2D eigenvalue weighted by atomic mass is 9.97. The first-order valence-electron chi connectivity index (χ1n) is 9.02. The first-order valence-corrected chi connectivity index (χ1v) is 9.02. The molecule has 2 N–H and O–H groups in total. The van der Waals surface area contributed by atoms with Crippen molar-refractivity contribution in [3.05, 3.63) is 54.3 Å². The number of anilines is 1. The summed E-state index contributed by atoms with van der Waals surface area (Å²) in [5.41, 5.74) is 6.98. The Morgan fingerprint density at radius 3 is 2.92 bits per heavy atom. The van der Waals surface area contributed by atoms with Gasteiger partial charge in [-0.25, -0.2) is 15.0 Å². The van der Waals surface area contributed by atoms with Crippen LogP contribution in [0.4, 0.5) is 5.82 Å². The van der Waals surface area contributed by atoms with Crippen LogP contribution in [0.25, 0.3) is 27.6 Å². The van der Waals surface area contributed by atoms with Gasteiger partial charge < -0.3 is 14.9 Å². The Hall–Kier alpha value is -3.15. The zero-order valence-electron chi connectivity index (χ0n) is 14.7. The quantitative estimate of drug-likeness (QED) is 0.594. The molecular weight excluding hydrogens is 324 g/mol. The number of nitrogens with one attached hydrogen (secondary N) is 2. The lowest BCUT2D eigenvalue weighted by Crippen LogP contribution is -2.29. The number of rotatable bonds is 3. The van der Waals surface area contributed by atoms with Crippen molar-refractivity contribution in [3.8, 4) is 0 Å². The van der Waals surface area contributed by atoms with Gasteiger partial charge in [-0.3, -0.25) is 0 Å². The minimum atomic E-state index is 0.716. The summed E-state index contributed by atoms with van der Waals surface area (Å²) in [6, 6.07) is 6.57. The van der Waals surface area contributed by atoms with Crippen molar-refractivity contribution >= 4 is 33.5 Å². The Kier molecular flexibility index (Phi) is 3.48. The lowest BCUT2D eigenvalue weighted by molar-refractivity contribution is 0.818. The van der Waals surface area contributed by atoms with Crippen LogP contribution in [0.15, 0.2) is 43.1 Å². The van der Waals surface area contributed by atoms with Gasteiger partial charge in [0.15, 0.2) is 11.5 Å². The molecule has 0 saturated carbocycles. The van der Waals surface area contributed by atoms with Crippen molar-refractivity contribution in [1.82, 2.24) is 24.9 Å². The number of hydrogen-bond donors (Lipinski definition) is 2. The number of imidazole rings is 1. The van der Waals surface area contributed by atoms with Gasteiger partial charge in [-0.15, -0.1) is 0 Å². The van der Waals surface area contributed by atoms with Gasteiger partial charge in [0.2, 0.25) is 0 Å². The number of aromatic amines is 2. The zero-order chi connectivity index (χ0) is 17.5. The van der Waals surface area contributed by atoms with Crippen LogP contribution in [0, 0.1) is 0 Å². The van der Waals surface area contributed by atoms with Gasteiger partial charge in [0.05, 0.1) is 6.33 Å². The number of aryl methyl sites for hydroxylation is 1. The molecule has 6 nitrogen and oxygen atoms in total. The van der Waals surface area contributed by atoms with E-state index in [0.717, 1.165) is 37.3 Å². The lowest BCUT2D eigenvalue weighted by Gasteiger charge is -2.27. The molecule has 0 unspecified atom stereocenters. The Bertz CT molecular complexity index is 1120. The van der Waals surface area contributed by atoms with E-state index in [4.69, 9.17) is 0 Å². The zero-order valence-corrected chi connectivity index (χ0v) is 14.7.